The number of hydrogen-bond acceptors (Lipinski definition) is 3. The van der Waals surface area contributed by atoms with Gasteiger partial charge in [-0.15, -0.1) is 0 Å². The molecule has 4 heteroatoms. The topological polar surface area (TPSA) is 39.1 Å². The molecule has 2 aromatic rings. The number of aromatic nitrogens is 2. The minimum Gasteiger partial charge on any atom is -0.494 e. The van der Waals surface area contributed by atoms with E-state index in [1.807, 2.05) is 38.5 Å². The first-order valence-electron chi connectivity index (χ1n) is 6.17. The number of hydrogen-bond donors (Lipinski definition) is 1. The predicted molar refractivity (Wildman–Crippen MR) is 72.9 cm³/mol. The zero-order chi connectivity index (χ0) is 13.0. The van der Waals surface area contributed by atoms with Crippen LogP contribution >= 0.6 is 0 Å². The van der Waals surface area contributed by atoms with Crippen molar-refractivity contribution >= 4 is 5.69 Å². The third-order valence-corrected chi connectivity index (χ3v) is 2.78. The van der Waals surface area contributed by atoms with Crippen molar-refractivity contribution in [1.82, 2.24) is 9.78 Å². The molecule has 0 bridgehead atoms. The molecule has 0 fully saturated rings. The van der Waals surface area contributed by atoms with Gasteiger partial charge in [-0.1, -0.05) is 12.1 Å². The van der Waals surface area contributed by atoms with Crippen molar-refractivity contribution in [3.05, 3.63) is 42.2 Å². The second-order valence-electron chi connectivity index (χ2n) is 4.27. The van der Waals surface area contributed by atoms with Crippen LogP contribution in [0, 0.1) is 0 Å². The summed E-state index contributed by atoms with van der Waals surface area (Å²) in [5.41, 5.74) is 2.25. The number of ether oxygens (including phenoxy) is 1. The summed E-state index contributed by atoms with van der Waals surface area (Å²) in [6, 6.07) is 8.41. The largest absolute Gasteiger partial charge is 0.494 e. The maximum atomic E-state index is 5.43. The number of aryl methyl sites for hydroxylation is 1. The number of nitrogens with one attached hydrogen (secondary N) is 1. The third-order valence-electron chi connectivity index (χ3n) is 2.78. The standard InChI is InChI=1S/C14H19N3O/c1-4-18-14-7-5-12(6-8-14)11(2)16-13-9-15-17(3)10-13/h5-11,16H,4H2,1-3H3. The first kappa shape index (κ1) is 12.5. The predicted octanol–water partition coefficient (Wildman–Crippen LogP) is 2.99. The molecular weight excluding hydrogens is 226 g/mol. The monoisotopic (exact) mass is 245 g/mol. The van der Waals surface area contributed by atoms with Crippen LogP contribution in [0.1, 0.15) is 25.5 Å². The highest BCUT2D eigenvalue weighted by Crippen LogP contribution is 2.21. The van der Waals surface area contributed by atoms with E-state index >= 15 is 0 Å². The van der Waals surface area contributed by atoms with Crippen molar-refractivity contribution in [3.63, 3.8) is 0 Å². The SMILES string of the molecule is CCOc1ccc(C(C)Nc2cnn(C)c2)cc1. The third kappa shape index (κ3) is 3.03. The van der Waals surface area contributed by atoms with E-state index in [9.17, 15) is 0 Å². The molecule has 0 amide bonds. The van der Waals surface area contributed by atoms with Crippen LogP contribution in [0.2, 0.25) is 0 Å². The Balaban J connectivity index is 2.02. The second-order valence-corrected chi connectivity index (χ2v) is 4.27. The minimum absolute atomic E-state index is 0.241. The second kappa shape index (κ2) is 5.58. The molecule has 0 aliphatic heterocycles. The van der Waals surface area contributed by atoms with E-state index in [1.165, 1.54) is 5.56 Å². The van der Waals surface area contributed by atoms with E-state index < -0.39 is 0 Å². The molecule has 2 rings (SSSR count). The molecule has 18 heavy (non-hydrogen) atoms. The van der Waals surface area contributed by atoms with Crippen molar-refractivity contribution in [2.45, 2.75) is 19.9 Å². The molecule has 1 aromatic carbocycles. The molecule has 1 heterocycles. The van der Waals surface area contributed by atoms with Crippen LogP contribution in [0.3, 0.4) is 0 Å². The molecule has 1 N–H and O–H groups in total. The summed E-state index contributed by atoms with van der Waals surface area (Å²) >= 11 is 0. The lowest BCUT2D eigenvalue weighted by atomic mass is 10.1. The molecule has 0 aliphatic carbocycles. The van der Waals surface area contributed by atoms with Crippen molar-refractivity contribution in [1.29, 1.82) is 0 Å². The lowest BCUT2D eigenvalue weighted by molar-refractivity contribution is 0.340. The van der Waals surface area contributed by atoms with Crippen LogP contribution in [0.15, 0.2) is 36.7 Å². The van der Waals surface area contributed by atoms with Gasteiger partial charge in [-0.3, -0.25) is 4.68 Å². The van der Waals surface area contributed by atoms with Crippen molar-refractivity contribution in [2.24, 2.45) is 7.05 Å². The van der Waals surface area contributed by atoms with E-state index in [-0.39, 0.29) is 6.04 Å². The lowest BCUT2D eigenvalue weighted by Gasteiger charge is -2.14. The summed E-state index contributed by atoms with van der Waals surface area (Å²) < 4.78 is 7.21. The van der Waals surface area contributed by atoms with E-state index in [4.69, 9.17) is 4.74 Å². The Bertz CT molecular complexity index is 490. The first-order chi connectivity index (χ1) is 8.69. The molecule has 1 aromatic heterocycles. The van der Waals surface area contributed by atoms with Crippen LogP contribution in [0.4, 0.5) is 5.69 Å². The molecule has 4 nitrogen and oxygen atoms in total. The maximum absolute atomic E-state index is 5.43. The van der Waals surface area contributed by atoms with Gasteiger partial charge in [-0.25, -0.2) is 0 Å². The highest BCUT2D eigenvalue weighted by Gasteiger charge is 2.06. The molecule has 0 aliphatic rings. The number of nitrogens with zero attached hydrogens (tertiary/aromatic N) is 2. The molecule has 0 saturated heterocycles. The number of rotatable bonds is 5. The van der Waals surface area contributed by atoms with Gasteiger partial charge in [0.25, 0.3) is 0 Å². The molecule has 0 saturated carbocycles. The molecule has 0 spiro atoms. The van der Waals surface area contributed by atoms with Crippen LogP contribution in [-0.2, 0) is 7.05 Å². The van der Waals surface area contributed by atoms with Gasteiger partial charge >= 0.3 is 0 Å². The van der Waals surface area contributed by atoms with Gasteiger partial charge in [0.2, 0.25) is 0 Å². The molecular formula is C14H19N3O. The molecule has 0 radical (unpaired) electrons. The Labute approximate surface area is 108 Å². The van der Waals surface area contributed by atoms with Gasteiger partial charge in [0.15, 0.2) is 0 Å². The highest BCUT2D eigenvalue weighted by atomic mass is 16.5. The van der Waals surface area contributed by atoms with Crippen LogP contribution in [0.25, 0.3) is 0 Å². The Morgan fingerprint density at radius 2 is 2.06 bits per heavy atom. The number of benzene rings is 1. The van der Waals surface area contributed by atoms with Gasteiger partial charge in [0.05, 0.1) is 18.5 Å². The molecule has 96 valence electrons. The summed E-state index contributed by atoms with van der Waals surface area (Å²) in [5.74, 6) is 0.912. The Hall–Kier alpha value is -1.97. The van der Waals surface area contributed by atoms with Gasteiger partial charge in [-0.2, -0.15) is 5.10 Å². The average Bonchev–Trinajstić information content (AvgIpc) is 2.76. The van der Waals surface area contributed by atoms with E-state index in [0.717, 1.165) is 11.4 Å². The normalized spacial score (nSPS) is 12.2. The fourth-order valence-electron chi connectivity index (χ4n) is 1.85. The maximum Gasteiger partial charge on any atom is 0.119 e. The van der Waals surface area contributed by atoms with Crippen LogP contribution < -0.4 is 10.1 Å². The lowest BCUT2D eigenvalue weighted by Crippen LogP contribution is -2.05. The van der Waals surface area contributed by atoms with E-state index in [0.29, 0.717) is 6.61 Å². The van der Waals surface area contributed by atoms with E-state index in [1.54, 1.807) is 4.68 Å². The quantitative estimate of drug-likeness (QED) is 0.880. The van der Waals surface area contributed by atoms with Gasteiger partial charge in [0.1, 0.15) is 5.75 Å². The van der Waals surface area contributed by atoms with Gasteiger partial charge < -0.3 is 10.1 Å². The van der Waals surface area contributed by atoms with Crippen LogP contribution in [-0.4, -0.2) is 16.4 Å². The summed E-state index contributed by atoms with van der Waals surface area (Å²) in [5, 5.41) is 7.54. The summed E-state index contributed by atoms with van der Waals surface area (Å²) in [6.45, 7) is 4.81. The van der Waals surface area contributed by atoms with Crippen molar-refractivity contribution in [2.75, 3.05) is 11.9 Å². The van der Waals surface area contributed by atoms with Gasteiger partial charge in [-0.05, 0) is 31.5 Å². The Morgan fingerprint density at radius 1 is 1.33 bits per heavy atom. The number of anilines is 1. The summed E-state index contributed by atoms with van der Waals surface area (Å²) in [4.78, 5) is 0. The fourth-order valence-corrected chi connectivity index (χ4v) is 1.85. The van der Waals surface area contributed by atoms with Crippen LogP contribution in [0.5, 0.6) is 5.75 Å². The Kier molecular flexibility index (Phi) is 3.87. The minimum atomic E-state index is 0.241. The Morgan fingerprint density at radius 3 is 2.61 bits per heavy atom. The van der Waals surface area contributed by atoms with Crippen molar-refractivity contribution in [3.8, 4) is 5.75 Å². The van der Waals surface area contributed by atoms with E-state index in [2.05, 4.69) is 29.5 Å². The summed E-state index contributed by atoms with van der Waals surface area (Å²) in [7, 11) is 1.91. The molecule has 1 unspecified atom stereocenters. The zero-order valence-corrected chi connectivity index (χ0v) is 11.1. The highest BCUT2D eigenvalue weighted by molar-refractivity contribution is 5.42. The summed E-state index contributed by atoms with van der Waals surface area (Å²) in [6.07, 6.45) is 3.79. The fraction of sp³-hybridized carbons (Fsp3) is 0.357. The zero-order valence-electron chi connectivity index (χ0n) is 11.1. The average molecular weight is 245 g/mol. The smallest absolute Gasteiger partial charge is 0.119 e. The first-order valence-corrected chi connectivity index (χ1v) is 6.17. The molecule has 1 atom stereocenters. The van der Waals surface area contributed by atoms with Gasteiger partial charge in [0, 0.05) is 19.3 Å². The van der Waals surface area contributed by atoms with Crippen molar-refractivity contribution < 1.29 is 4.74 Å².